The van der Waals surface area contributed by atoms with Gasteiger partial charge in [0.25, 0.3) is 5.91 Å². The molecule has 3 N–H and O–H groups in total. The first-order valence-corrected chi connectivity index (χ1v) is 7.12. The highest BCUT2D eigenvalue weighted by Crippen LogP contribution is 2.16. The molecule has 0 aliphatic heterocycles. The van der Waals surface area contributed by atoms with Gasteiger partial charge in [0, 0.05) is 10.5 Å². The summed E-state index contributed by atoms with van der Waals surface area (Å²) >= 11 is 3.40. The lowest BCUT2D eigenvalue weighted by Gasteiger charge is -2.06. The van der Waals surface area contributed by atoms with Gasteiger partial charge in [-0.1, -0.05) is 40.2 Å². The van der Waals surface area contributed by atoms with E-state index in [0.29, 0.717) is 6.61 Å². The molecule has 5 heteroatoms. The summed E-state index contributed by atoms with van der Waals surface area (Å²) in [5.74, 6) is 5.42. The molecule has 21 heavy (non-hydrogen) atoms. The predicted molar refractivity (Wildman–Crippen MR) is 86.3 cm³/mol. The number of hydrogen-bond acceptors (Lipinski definition) is 3. The first-order valence-electron chi connectivity index (χ1n) is 6.33. The Hall–Kier alpha value is -2.11. The van der Waals surface area contributed by atoms with Crippen molar-refractivity contribution in [3.05, 3.63) is 70.2 Å². The Morgan fingerprint density at radius 2 is 1.81 bits per heavy atom. The molecule has 0 saturated heterocycles. The Labute approximate surface area is 131 Å². The molecule has 2 rings (SSSR count). The fourth-order valence-electron chi connectivity index (χ4n) is 1.64. The molecule has 1 amide bonds. The van der Waals surface area contributed by atoms with Crippen LogP contribution in [-0.4, -0.2) is 5.91 Å². The quantitative estimate of drug-likeness (QED) is 0.378. The van der Waals surface area contributed by atoms with Crippen LogP contribution < -0.4 is 16.0 Å². The lowest BCUT2D eigenvalue weighted by Crippen LogP contribution is -2.27. The van der Waals surface area contributed by atoms with Crippen molar-refractivity contribution in [2.24, 2.45) is 5.84 Å². The molecule has 0 unspecified atom stereocenters. The molecule has 0 atom stereocenters. The molecule has 0 bridgehead atoms. The van der Waals surface area contributed by atoms with Crippen LogP contribution in [0.1, 0.15) is 11.1 Å². The molecule has 0 aliphatic rings. The van der Waals surface area contributed by atoms with Crippen LogP contribution in [-0.2, 0) is 11.4 Å². The Morgan fingerprint density at radius 3 is 2.43 bits per heavy atom. The molecule has 108 valence electrons. The number of nitrogens with two attached hydrogens (primary N) is 1. The van der Waals surface area contributed by atoms with Crippen molar-refractivity contribution >= 4 is 27.9 Å². The minimum Gasteiger partial charge on any atom is -0.489 e. The predicted octanol–water partition coefficient (Wildman–Crippen LogP) is 3.03. The van der Waals surface area contributed by atoms with Crippen LogP contribution in [0.25, 0.3) is 6.08 Å². The van der Waals surface area contributed by atoms with E-state index >= 15 is 0 Å². The third-order valence-electron chi connectivity index (χ3n) is 2.77. The van der Waals surface area contributed by atoms with Crippen LogP contribution in [0, 0.1) is 0 Å². The summed E-state index contributed by atoms with van der Waals surface area (Å²) in [6, 6.07) is 15.4. The number of hydrazine groups is 1. The van der Waals surface area contributed by atoms with Crippen LogP contribution in [0.15, 0.2) is 59.1 Å². The number of carbonyl (C=O) groups is 1. The Bertz CT molecular complexity index is 622. The number of benzene rings is 2. The zero-order valence-electron chi connectivity index (χ0n) is 11.3. The highest BCUT2D eigenvalue weighted by Gasteiger charge is 1.97. The standard InChI is InChI=1S/C16H15BrN2O2/c17-14-6-1-13(2-7-14)11-21-15-8-3-12(4-9-15)5-10-16(20)19-18/h1-10H,11,18H2,(H,19,20)/b10-5+. The van der Waals surface area contributed by atoms with E-state index in [-0.39, 0.29) is 5.91 Å². The number of ether oxygens (including phenoxy) is 1. The third kappa shape index (κ3) is 5.06. The lowest BCUT2D eigenvalue weighted by molar-refractivity contribution is -0.116. The zero-order chi connectivity index (χ0) is 15.1. The van der Waals surface area contributed by atoms with E-state index in [0.717, 1.165) is 21.3 Å². The van der Waals surface area contributed by atoms with Crippen molar-refractivity contribution in [3.8, 4) is 5.75 Å². The van der Waals surface area contributed by atoms with Gasteiger partial charge in [0.15, 0.2) is 0 Å². The number of rotatable bonds is 5. The normalized spacial score (nSPS) is 10.6. The second kappa shape index (κ2) is 7.61. The summed E-state index contributed by atoms with van der Waals surface area (Å²) in [6.45, 7) is 0.512. The smallest absolute Gasteiger partial charge is 0.257 e. The van der Waals surface area contributed by atoms with E-state index in [1.807, 2.05) is 54.0 Å². The van der Waals surface area contributed by atoms with Crippen LogP contribution >= 0.6 is 15.9 Å². The summed E-state index contributed by atoms with van der Waals surface area (Å²) in [5.41, 5.74) is 4.03. The van der Waals surface area contributed by atoms with E-state index < -0.39 is 0 Å². The van der Waals surface area contributed by atoms with Crippen molar-refractivity contribution in [1.82, 2.24) is 5.43 Å². The van der Waals surface area contributed by atoms with Crippen LogP contribution in [0.3, 0.4) is 0 Å². The fourth-order valence-corrected chi connectivity index (χ4v) is 1.91. The minimum atomic E-state index is -0.342. The third-order valence-corrected chi connectivity index (χ3v) is 3.30. The first kappa shape index (κ1) is 15.3. The second-order valence-electron chi connectivity index (χ2n) is 4.33. The monoisotopic (exact) mass is 346 g/mol. The van der Waals surface area contributed by atoms with Crippen molar-refractivity contribution < 1.29 is 9.53 Å². The molecule has 0 saturated carbocycles. The number of carbonyl (C=O) groups excluding carboxylic acids is 1. The first-order chi connectivity index (χ1) is 10.2. The van der Waals surface area contributed by atoms with Crippen molar-refractivity contribution in [1.29, 1.82) is 0 Å². The van der Waals surface area contributed by atoms with Gasteiger partial charge in [-0.25, -0.2) is 5.84 Å². The second-order valence-corrected chi connectivity index (χ2v) is 5.24. The maximum absolute atomic E-state index is 11.0. The number of amides is 1. The molecule has 0 radical (unpaired) electrons. The minimum absolute atomic E-state index is 0.342. The van der Waals surface area contributed by atoms with Crippen molar-refractivity contribution in [3.63, 3.8) is 0 Å². The summed E-state index contributed by atoms with van der Waals surface area (Å²) in [5, 5.41) is 0. The van der Waals surface area contributed by atoms with E-state index in [1.54, 1.807) is 6.08 Å². The van der Waals surface area contributed by atoms with Gasteiger partial charge in [0.2, 0.25) is 0 Å². The van der Waals surface area contributed by atoms with Crippen LogP contribution in [0.4, 0.5) is 0 Å². The summed E-state index contributed by atoms with van der Waals surface area (Å²) in [6.07, 6.45) is 3.05. The van der Waals surface area contributed by atoms with Gasteiger partial charge in [0.05, 0.1) is 0 Å². The molecule has 0 spiro atoms. The molecule has 4 nitrogen and oxygen atoms in total. The number of nitrogens with one attached hydrogen (secondary N) is 1. The molecule has 2 aromatic carbocycles. The average Bonchev–Trinajstić information content (AvgIpc) is 2.53. The van der Waals surface area contributed by atoms with Crippen molar-refractivity contribution in [2.75, 3.05) is 0 Å². The highest BCUT2D eigenvalue weighted by atomic mass is 79.9. The Balaban J connectivity index is 1.91. The van der Waals surface area contributed by atoms with Gasteiger partial charge in [-0.3, -0.25) is 10.2 Å². The fraction of sp³-hybridized carbons (Fsp3) is 0.0625. The van der Waals surface area contributed by atoms with E-state index in [1.165, 1.54) is 6.08 Å². The van der Waals surface area contributed by atoms with Crippen LogP contribution in [0.5, 0.6) is 5.75 Å². The zero-order valence-corrected chi connectivity index (χ0v) is 12.8. The molecule has 0 heterocycles. The maximum Gasteiger partial charge on any atom is 0.257 e. The summed E-state index contributed by atoms with van der Waals surface area (Å²) in [7, 11) is 0. The molecular formula is C16H15BrN2O2. The van der Waals surface area contributed by atoms with E-state index in [2.05, 4.69) is 15.9 Å². The lowest BCUT2D eigenvalue weighted by atomic mass is 10.2. The van der Waals surface area contributed by atoms with Gasteiger partial charge < -0.3 is 4.74 Å². The van der Waals surface area contributed by atoms with Crippen LogP contribution in [0.2, 0.25) is 0 Å². The highest BCUT2D eigenvalue weighted by molar-refractivity contribution is 9.10. The molecule has 0 aromatic heterocycles. The van der Waals surface area contributed by atoms with Gasteiger partial charge >= 0.3 is 0 Å². The average molecular weight is 347 g/mol. The van der Waals surface area contributed by atoms with Gasteiger partial charge in [-0.2, -0.15) is 0 Å². The van der Waals surface area contributed by atoms with Gasteiger partial charge in [-0.15, -0.1) is 0 Å². The topological polar surface area (TPSA) is 64.3 Å². The van der Waals surface area contributed by atoms with E-state index in [9.17, 15) is 4.79 Å². The Morgan fingerprint density at radius 1 is 1.14 bits per heavy atom. The molecule has 0 aliphatic carbocycles. The number of hydrogen-bond donors (Lipinski definition) is 2. The maximum atomic E-state index is 11.0. The molecule has 2 aromatic rings. The summed E-state index contributed by atoms with van der Waals surface area (Å²) in [4.78, 5) is 11.0. The molecule has 0 fully saturated rings. The number of halogens is 1. The SMILES string of the molecule is NNC(=O)/C=C/c1ccc(OCc2ccc(Br)cc2)cc1. The van der Waals surface area contributed by atoms with Crippen molar-refractivity contribution in [2.45, 2.75) is 6.61 Å². The van der Waals surface area contributed by atoms with Gasteiger partial charge in [-0.05, 0) is 41.5 Å². The summed E-state index contributed by atoms with van der Waals surface area (Å²) < 4.78 is 6.74. The molecular weight excluding hydrogens is 332 g/mol. The Kier molecular flexibility index (Phi) is 5.54. The van der Waals surface area contributed by atoms with E-state index in [4.69, 9.17) is 10.6 Å². The van der Waals surface area contributed by atoms with Gasteiger partial charge in [0.1, 0.15) is 12.4 Å². The largest absolute Gasteiger partial charge is 0.489 e.